The van der Waals surface area contributed by atoms with Gasteiger partial charge in [0.05, 0.1) is 11.7 Å². The highest BCUT2D eigenvalue weighted by Gasteiger charge is 2.32. The van der Waals surface area contributed by atoms with Gasteiger partial charge in [0.1, 0.15) is 5.82 Å². The normalized spacial score (nSPS) is 23.8. The van der Waals surface area contributed by atoms with Crippen molar-refractivity contribution >= 4 is 17.2 Å². The molecule has 4 heterocycles. The van der Waals surface area contributed by atoms with Crippen molar-refractivity contribution in [1.82, 2.24) is 19.8 Å². The summed E-state index contributed by atoms with van der Waals surface area (Å²) in [6.07, 6.45) is 10.7. The number of carbonyl (C=O) groups excluding carboxylic acids is 1. The summed E-state index contributed by atoms with van der Waals surface area (Å²) in [5.41, 5.74) is 1.68. The second kappa shape index (κ2) is 9.09. The maximum absolute atomic E-state index is 13.1. The Morgan fingerprint density at radius 3 is 3.00 bits per heavy atom. The molecule has 0 unspecified atom stereocenters. The molecular formula is C24H30N4O2S. The van der Waals surface area contributed by atoms with E-state index in [-0.39, 0.29) is 17.5 Å². The average Bonchev–Trinajstić information content (AvgIpc) is 3.48. The lowest BCUT2D eigenvalue weighted by atomic mass is 9.97. The van der Waals surface area contributed by atoms with Crippen LogP contribution in [0.15, 0.2) is 34.5 Å². The molecule has 0 aromatic carbocycles. The van der Waals surface area contributed by atoms with E-state index in [0.29, 0.717) is 24.7 Å². The quantitative estimate of drug-likeness (QED) is 0.721. The summed E-state index contributed by atoms with van der Waals surface area (Å²) in [6, 6.07) is 4.12. The third kappa shape index (κ3) is 4.53. The summed E-state index contributed by atoms with van der Waals surface area (Å²) >= 11 is 1.76. The number of thiophene rings is 1. The van der Waals surface area contributed by atoms with Gasteiger partial charge in [-0.05, 0) is 55.9 Å². The number of aromatic amines is 1. The SMILES string of the molecule is O=C(C[C@@H]1C=CCC1)N1CCCC[C@@H]1c1nc2c(c(=O)[nH]1)CCN(Cc1cccs1)C2. The largest absolute Gasteiger partial charge is 0.332 e. The number of hydrogen-bond acceptors (Lipinski definition) is 5. The smallest absolute Gasteiger partial charge is 0.254 e. The molecule has 0 saturated carbocycles. The number of nitrogens with zero attached hydrogens (tertiary/aromatic N) is 3. The molecule has 1 fully saturated rings. The first-order valence-corrected chi connectivity index (χ1v) is 12.4. The highest BCUT2D eigenvalue weighted by molar-refractivity contribution is 7.09. The van der Waals surface area contributed by atoms with Crippen LogP contribution in [0.3, 0.4) is 0 Å². The molecule has 2 aliphatic heterocycles. The van der Waals surface area contributed by atoms with Crippen molar-refractivity contribution in [3.05, 3.63) is 62.0 Å². The van der Waals surface area contributed by atoms with Crippen LogP contribution in [-0.2, 0) is 24.3 Å². The summed E-state index contributed by atoms with van der Waals surface area (Å²) in [4.78, 5) is 39.7. The van der Waals surface area contributed by atoms with E-state index >= 15 is 0 Å². The summed E-state index contributed by atoms with van der Waals surface area (Å²) in [5.74, 6) is 1.23. The van der Waals surface area contributed by atoms with E-state index in [1.807, 2.05) is 4.90 Å². The fraction of sp³-hybridized carbons (Fsp3) is 0.542. The highest BCUT2D eigenvalue weighted by Crippen LogP contribution is 2.32. The van der Waals surface area contributed by atoms with E-state index in [2.05, 4.69) is 39.5 Å². The van der Waals surface area contributed by atoms with Crippen LogP contribution in [0.5, 0.6) is 0 Å². The van der Waals surface area contributed by atoms with Gasteiger partial charge in [-0.2, -0.15) is 0 Å². The minimum Gasteiger partial charge on any atom is -0.332 e. The molecule has 2 atom stereocenters. The van der Waals surface area contributed by atoms with Gasteiger partial charge < -0.3 is 9.88 Å². The summed E-state index contributed by atoms with van der Waals surface area (Å²) in [6.45, 7) is 3.21. The van der Waals surface area contributed by atoms with Crippen molar-refractivity contribution in [2.75, 3.05) is 13.1 Å². The molecule has 6 nitrogen and oxygen atoms in total. The predicted molar refractivity (Wildman–Crippen MR) is 122 cm³/mol. The first-order chi connectivity index (χ1) is 15.2. The van der Waals surface area contributed by atoms with Crippen molar-refractivity contribution in [2.24, 2.45) is 5.92 Å². The molecule has 1 saturated heterocycles. The second-order valence-electron chi connectivity index (χ2n) is 8.98. The fourth-order valence-corrected chi connectivity index (χ4v) is 5.90. The molecular weight excluding hydrogens is 408 g/mol. The molecule has 0 radical (unpaired) electrons. The number of carbonyl (C=O) groups is 1. The Bertz CT molecular complexity index is 1010. The zero-order valence-corrected chi connectivity index (χ0v) is 18.7. The molecule has 31 heavy (non-hydrogen) atoms. The molecule has 1 aliphatic carbocycles. The van der Waals surface area contributed by atoms with Crippen molar-refractivity contribution in [1.29, 1.82) is 0 Å². The fourth-order valence-electron chi connectivity index (χ4n) is 5.15. The Hall–Kier alpha value is -2.25. The van der Waals surface area contributed by atoms with Crippen LogP contribution in [0.4, 0.5) is 0 Å². The van der Waals surface area contributed by atoms with Crippen LogP contribution in [0.2, 0.25) is 0 Å². The number of amides is 1. The number of allylic oxidation sites excluding steroid dienone is 2. The highest BCUT2D eigenvalue weighted by atomic mass is 32.1. The molecule has 5 rings (SSSR count). The number of piperidine rings is 1. The molecule has 1 amide bonds. The van der Waals surface area contributed by atoms with E-state index in [0.717, 1.165) is 69.4 Å². The molecule has 164 valence electrons. The predicted octanol–water partition coefficient (Wildman–Crippen LogP) is 3.80. The lowest BCUT2D eigenvalue weighted by molar-refractivity contribution is -0.136. The lowest BCUT2D eigenvalue weighted by Gasteiger charge is -2.36. The van der Waals surface area contributed by atoms with Gasteiger partial charge in [-0.25, -0.2) is 4.98 Å². The van der Waals surface area contributed by atoms with E-state index < -0.39 is 0 Å². The first-order valence-electron chi connectivity index (χ1n) is 11.5. The summed E-state index contributed by atoms with van der Waals surface area (Å²) in [7, 11) is 0. The zero-order chi connectivity index (χ0) is 21.2. The third-order valence-corrected chi connectivity index (χ3v) is 7.68. The minimum atomic E-state index is -0.114. The van der Waals surface area contributed by atoms with Crippen molar-refractivity contribution in [2.45, 2.75) is 64.1 Å². The zero-order valence-electron chi connectivity index (χ0n) is 17.9. The maximum atomic E-state index is 13.1. The number of hydrogen-bond donors (Lipinski definition) is 1. The lowest BCUT2D eigenvalue weighted by Crippen LogP contribution is -2.41. The van der Waals surface area contributed by atoms with Crippen LogP contribution >= 0.6 is 11.3 Å². The molecule has 7 heteroatoms. The minimum absolute atomic E-state index is 0.0209. The Labute approximate surface area is 187 Å². The van der Waals surface area contributed by atoms with Gasteiger partial charge in [-0.1, -0.05) is 18.2 Å². The van der Waals surface area contributed by atoms with Crippen molar-refractivity contribution in [3.8, 4) is 0 Å². The number of fused-ring (bicyclic) bond motifs is 1. The van der Waals surface area contributed by atoms with Gasteiger partial charge in [0.25, 0.3) is 5.56 Å². The van der Waals surface area contributed by atoms with E-state index in [4.69, 9.17) is 4.98 Å². The Morgan fingerprint density at radius 2 is 2.19 bits per heavy atom. The van der Waals surface area contributed by atoms with Gasteiger partial charge in [0.15, 0.2) is 0 Å². The van der Waals surface area contributed by atoms with Crippen LogP contribution in [0.25, 0.3) is 0 Å². The van der Waals surface area contributed by atoms with Crippen molar-refractivity contribution in [3.63, 3.8) is 0 Å². The number of rotatable bonds is 5. The molecule has 2 aromatic rings. The van der Waals surface area contributed by atoms with Crippen molar-refractivity contribution < 1.29 is 4.79 Å². The maximum Gasteiger partial charge on any atom is 0.254 e. The van der Waals surface area contributed by atoms with Crippen LogP contribution in [0.1, 0.15) is 66.5 Å². The molecule has 2 aromatic heterocycles. The van der Waals surface area contributed by atoms with Crippen LogP contribution in [-0.4, -0.2) is 38.8 Å². The van der Waals surface area contributed by atoms with Crippen LogP contribution in [0, 0.1) is 5.92 Å². The molecule has 3 aliphatic rings. The number of likely N-dealkylation sites (tertiary alicyclic amines) is 1. The average molecular weight is 439 g/mol. The standard InChI is InChI=1S/C24H30N4O2S/c29-22(14-17-6-1-2-7-17)28-11-4-3-9-21(28)23-25-20-16-27(15-18-8-5-13-31-18)12-10-19(20)24(30)26-23/h1,5-6,8,13,17,21H,2-4,7,9-12,14-16H2,(H,25,26,30)/t17-,21-/m1/s1. The second-order valence-corrected chi connectivity index (χ2v) is 10.0. The topological polar surface area (TPSA) is 69.3 Å². The van der Waals surface area contributed by atoms with Crippen LogP contribution < -0.4 is 5.56 Å². The first kappa shape index (κ1) is 20.6. The number of aromatic nitrogens is 2. The van der Waals surface area contributed by atoms with E-state index in [9.17, 15) is 9.59 Å². The van der Waals surface area contributed by atoms with Gasteiger partial charge in [-0.15, -0.1) is 11.3 Å². The summed E-state index contributed by atoms with van der Waals surface area (Å²) in [5, 5.41) is 2.10. The van der Waals surface area contributed by atoms with E-state index in [1.54, 1.807) is 11.3 Å². The van der Waals surface area contributed by atoms with Gasteiger partial charge >= 0.3 is 0 Å². The third-order valence-electron chi connectivity index (χ3n) is 6.82. The monoisotopic (exact) mass is 438 g/mol. The van der Waals surface area contributed by atoms with Gasteiger partial charge in [-0.3, -0.25) is 14.5 Å². The Balaban J connectivity index is 1.36. The molecule has 0 spiro atoms. The Kier molecular flexibility index (Phi) is 6.05. The summed E-state index contributed by atoms with van der Waals surface area (Å²) < 4.78 is 0. The number of H-pyrrole nitrogens is 1. The Morgan fingerprint density at radius 1 is 1.26 bits per heavy atom. The molecule has 0 bridgehead atoms. The van der Waals surface area contributed by atoms with Gasteiger partial charge in [0, 0.05) is 43.0 Å². The number of nitrogens with one attached hydrogen (secondary N) is 1. The van der Waals surface area contributed by atoms with Gasteiger partial charge in [0.2, 0.25) is 5.91 Å². The van der Waals surface area contributed by atoms with E-state index in [1.165, 1.54) is 4.88 Å². The molecule has 1 N–H and O–H groups in total.